The number of carboxylic acids is 1. The molecule has 4 heteroatoms. The molecular weight excluding hydrogens is 158 g/mol. The first kappa shape index (κ1) is 8.52. The SMILES string of the molecule is COc1c(C)ccnc1C(=O)O. The second-order valence-corrected chi connectivity index (χ2v) is 2.31. The lowest BCUT2D eigenvalue weighted by Crippen LogP contribution is -2.04. The topological polar surface area (TPSA) is 59.4 Å². The van der Waals surface area contributed by atoms with Gasteiger partial charge in [-0.3, -0.25) is 0 Å². The van der Waals surface area contributed by atoms with E-state index in [-0.39, 0.29) is 5.69 Å². The Morgan fingerprint density at radius 3 is 2.75 bits per heavy atom. The second kappa shape index (κ2) is 3.21. The van der Waals surface area contributed by atoms with Crippen LogP contribution in [-0.2, 0) is 0 Å². The minimum Gasteiger partial charge on any atom is -0.494 e. The molecule has 0 fully saturated rings. The van der Waals surface area contributed by atoms with Gasteiger partial charge in [0.1, 0.15) is 0 Å². The van der Waals surface area contributed by atoms with Crippen LogP contribution in [0.25, 0.3) is 0 Å². The average Bonchev–Trinajstić information content (AvgIpc) is 2.03. The van der Waals surface area contributed by atoms with Gasteiger partial charge in [0.25, 0.3) is 0 Å². The van der Waals surface area contributed by atoms with Crippen molar-refractivity contribution in [1.29, 1.82) is 0 Å². The van der Waals surface area contributed by atoms with Crippen LogP contribution in [0.1, 0.15) is 16.1 Å². The third-order valence-corrected chi connectivity index (χ3v) is 1.51. The summed E-state index contributed by atoms with van der Waals surface area (Å²) in [6, 6.07) is 1.70. The molecule has 0 spiro atoms. The standard InChI is InChI=1S/C8H9NO3/c1-5-3-4-9-6(8(10)11)7(5)12-2/h3-4H,1-2H3,(H,10,11). The lowest BCUT2D eigenvalue weighted by molar-refractivity contribution is 0.0686. The minimum atomic E-state index is -1.07. The molecule has 1 aromatic heterocycles. The number of ether oxygens (including phenoxy) is 1. The second-order valence-electron chi connectivity index (χ2n) is 2.31. The van der Waals surface area contributed by atoms with Crippen LogP contribution in [0.2, 0.25) is 0 Å². The molecule has 0 aromatic carbocycles. The van der Waals surface area contributed by atoms with Crippen molar-refractivity contribution in [3.8, 4) is 5.75 Å². The van der Waals surface area contributed by atoms with Crippen molar-refractivity contribution in [1.82, 2.24) is 4.98 Å². The lowest BCUT2D eigenvalue weighted by atomic mass is 10.2. The summed E-state index contributed by atoms with van der Waals surface area (Å²) in [4.78, 5) is 14.3. The largest absolute Gasteiger partial charge is 0.494 e. The van der Waals surface area contributed by atoms with E-state index in [1.807, 2.05) is 0 Å². The number of carboxylic acid groups (broad SMARTS) is 1. The number of aromatic carboxylic acids is 1. The summed E-state index contributed by atoms with van der Waals surface area (Å²) in [5.74, 6) is -0.749. The van der Waals surface area contributed by atoms with Crippen LogP contribution < -0.4 is 4.74 Å². The first-order valence-electron chi connectivity index (χ1n) is 3.39. The van der Waals surface area contributed by atoms with E-state index in [0.717, 1.165) is 5.56 Å². The summed E-state index contributed by atoms with van der Waals surface area (Å²) >= 11 is 0. The van der Waals surface area contributed by atoms with Crippen molar-refractivity contribution in [3.63, 3.8) is 0 Å². The number of carbonyl (C=O) groups is 1. The minimum absolute atomic E-state index is 0.0440. The Labute approximate surface area is 69.8 Å². The summed E-state index contributed by atoms with van der Waals surface area (Å²) in [6.07, 6.45) is 1.45. The highest BCUT2D eigenvalue weighted by molar-refractivity contribution is 5.88. The number of rotatable bonds is 2. The maximum Gasteiger partial charge on any atom is 0.358 e. The van der Waals surface area contributed by atoms with Gasteiger partial charge in [-0.05, 0) is 18.6 Å². The maximum atomic E-state index is 10.6. The third-order valence-electron chi connectivity index (χ3n) is 1.51. The Morgan fingerprint density at radius 2 is 2.33 bits per heavy atom. The van der Waals surface area contributed by atoms with Crippen molar-refractivity contribution in [2.75, 3.05) is 7.11 Å². The molecule has 0 radical (unpaired) electrons. The molecule has 0 atom stereocenters. The van der Waals surface area contributed by atoms with Crippen molar-refractivity contribution < 1.29 is 14.6 Å². The van der Waals surface area contributed by atoms with Crippen LogP contribution in [0, 0.1) is 6.92 Å². The Hall–Kier alpha value is -1.58. The molecule has 0 aliphatic rings. The summed E-state index contributed by atoms with van der Waals surface area (Å²) in [7, 11) is 1.43. The smallest absolute Gasteiger partial charge is 0.358 e. The predicted molar refractivity (Wildman–Crippen MR) is 42.5 cm³/mol. The zero-order valence-corrected chi connectivity index (χ0v) is 6.87. The quantitative estimate of drug-likeness (QED) is 0.716. The van der Waals surface area contributed by atoms with E-state index in [9.17, 15) is 4.79 Å². The van der Waals surface area contributed by atoms with Crippen molar-refractivity contribution in [3.05, 3.63) is 23.5 Å². The van der Waals surface area contributed by atoms with Crippen molar-refractivity contribution >= 4 is 5.97 Å². The van der Waals surface area contributed by atoms with Gasteiger partial charge < -0.3 is 9.84 Å². The van der Waals surface area contributed by atoms with Crippen LogP contribution in [0.4, 0.5) is 0 Å². The molecular formula is C8H9NO3. The summed E-state index contributed by atoms with van der Waals surface area (Å²) in [5.41, 5.74) is 0.724. The molecule has 0 unspecified atom stereocenters. The summed E-state index contributed by atoms with van der Waals surface area (Å²) in [6.45, 7) is 1.77. The molecule has 1 heterocycles. The fourth-order valence-electron chi connectivity index (χ4n) is 0.955. The van der Waals surface area contributed by atoms with Gasteiger partial charge in [0, 0.05) is 6.20 Å². The Kier molecular flexibility index (Phi) is 2.28. The molecule has 1 N–H and O–H groups in total. The highest BCUT2D eigenvalue weighted by Crippen LogP contribution is 2.19. The molecule has 0 aliphatic carbocycles. The predicted octanol–water partition coefficient (Wildman–Crippen LogP) is 1.10. The molecule has 0 amide bonds. The van der Waals surface area contributed by atoms with Gasteiger partial charge in [-0.1, -0.05) is 0 Å². The molecule has 12 heavy (non-hydrogen) atoms. The highest BCUT2D eigenvalue weighted by atomic mass is 16.5. The molecule has 0 aliphatic heterocycles. The van der Waals surface area contributed by atoms with Gasteiger partial charge in [-0.25, -0.2) is 9.78 Å². The molecule has 0 bridgehead atoms. The van der Waals surface area contributed by atoms with Gasteiger partial charge >= 0.3 is 5.97 Å². The van der Waals surface area contributed by atoms with E-state index in [1.165, 1.54) is 13.3 Å². The van der Waals surface area contributed by atoms with E-state index < -0.39 is 5.97 Å². The van der Waals surface area contributed by atoms with E-state index in [0.29, 0.717) is 5.75 Å². The maximum absolute atomic E-state index is 10.6. The third kappa shape index (κ3) is 1.37. The normalized spacial score (nSPS) is 9.50. The zero-order chi connectivity index (χ0) is 9.14. The number of aromatic nitrogens is 1. The van der Waals surface area contributed by atoms with E-state index >= 15 is 0 Å². The molecule has 0 saturated carbocycles. The van der Waals surface area contributed by atoms with Crippen LogP contribution in [0.5, 0.6) is 5.75 Å². The van der Waals surface area contributed by atoms with E-state index in [1.54, 1.807) is 13.0 Å². The number of hydrogen-bond donors (Lipinski definition) is 1. The number of pyridine rings is 1. The van der Waals surface area contributed by atoms with Crippen molar-refractivity contribution in [2.24, 2.45) is 0 Å². The highest BCUT2D eigenvalue weighted by Gasteiger charge is 2.13. The summed E-state index contributed by atoms with van der Waals surface area (Å²) < 4.78 is 4.89. The number of methoxy groups -OCH3 is 1. The van der Waals surface area contributed by atoms with Gasteiger partial charge in [-0.2, -0.15) is 0 Å². The Morgan fingerprint density at radius 1 is 1.67 bits per heavy atom. The van der Waals surface area contributed by atoms with Crippen LogP contribution >= 0.6 is 0 Å². The average molecular weight is 167 g/mol. The van der Waals surface area contributed by atoms with Crippen LogP contribution in [0.15, 0.2) is 12.3 Å². The monoisotopic (exact) mass is 167 g/mol. The van der Waals surface area contributed by atoms with Crippen LogP contribution in [0.3, 0.4) is 0 Å². The number of hydrogen-bond acceptors (Lipinski definition) is 3. The van der Waals surface area contributed by atoms with Gasteiger partial charge in [0.15, 0.2) is 11.4 Å². The van der Waals surface area contributed by atoms with Crippen molar-refractivity contribution in [2.45, 2.75) is 6.92 Å². The first-order valence-corrected chi connectivity index (χ1v) is 3.39. The van der Waals surface area contributed by atoms with Gasteiger partial charge in [0.05, 0.1) is 7.11 Å². The van der Waals surface area contributed by atoms with E-state index in [2.05, 4.69) is 4.98 Å². The fourth-order valence-corrected chi connectivity index (χ4v) is 0.955. The van der Waals surface area contributed by atoms with Gasteiger partial charge in [-0.15, -0.1) is 0 Å². The molecule has 0 saturated heterocycles. The van der Waals surface area contributed by atoms with E-state index in [4.69, 9.17) is 9.84 Å². The van der Waals surface area contributed by atoms with Gasteiger partial charge in [0.2, 0.25) is 0 Å². The molecule has 1 rings (SSSR count). The molecule has 4 nitrogen and oxygen atoms in total. The zero-order valence-electron chi connectivity index (χ0n) is 6.87. The fraction of sp³-hybridized carbons (Fsp3) is 0.250. The summed E-state index contributed by atoms with van der Waals surface area (Å²) in [5, 5.41) is 8.68. The Balaban J connectivity index is 3.27. The van der Waals surface area contributed by atoms with Crippen LogP contribution in [-0.4, -0.2) is 23.2 Å². The molecule has 64 valence electrons. The molecule has 1 aromatic rings. The Bertz CT molecular complexity index is 309. The first-order chi connectivity index (χ1) is 5.66. The number of nitrogens with zero attached hydrogens (tertiary/aromatic N) is 1. The number of aryl methyl sites for hydroxylation is 1. The lowest BCUT2D eigenvalue weighted by Gasteiger charge is -2.05.